The predicted octanol–water partition coefficient (Wildman–Crippen LogP) is 2.74. The molecule has 8 heteroatoms. The first-order valence-corrected chi connectivity index (χ1v) is 10.6. The van der Waals surface area contributed by atoms with Crippen molar-refractivity contribution in [3.63, 3.8) is 0 Å². The van der Waals surface area contributed by atoms with Crippen LogP contribution in [0.1, 0.15) is 11.5 Å². The highest BCUT2D eigenvalue weighted by Gasteiger charge is 2.31. The number of amides is 2. The number of likely N-dealkylation sites (tertiary alicyclic amines) is 1. The Kier molecular flexibility index (Phi) is 7.71. The smallest absolute Gasteiger partial charge is 0.321 e. The summed E-state index contributed by atoms with van der Waals surface area (Å²) < 4.78 is 6.15. The molecule has 2 amide bonds. The lowest BCUT2D eigenvalue weighted by molar-refractivity contribution is -0.0250. The fraction of sp³-hybridized carbons (Fsp3) is 0.409. The Labute approximate surface area is 185 Å². The average Bonchev–Trinajstić information content (AvgIpc) is 2.71. The normalized spacial score (nSPS) is 16.4. The topological polar surface area (TPSA) is 85.3 Å². The number of benzene rings is 2. The Morgan fingerprint density at radius 1 is 1.17 bits per heavy atom. The van der Waals surface area contributed by atoms with Crippen molar-refractivity contribution >= 4 is 27.6 Å². The molecule has 1 aliphatic rings. The number of nitrogens with one attached hydrogen (secondary N) is 1. The van der Waals surface area contributed by atoms with Gasteiger partial charge in [0.1, 0.15) is 5.75 Å². The lowest BCUT2D eigenvalue weighted by Crippen LogP contribution is -2.52. The lowest BCUT2D eigenvalue weighted by atomic mass is 9.91. The van der Waals surface area contributed by atoms with Gasteiger partial charge in [-0.15, -0.1) is 0 Å². The fourth-order valence-electron chi connectivity index (χ4n) is 3.43. The van der Waals surface area contributed by atoms with E-state index in [0.717, 1.165) is 17.6 Å². The second-order valence-electron chi connectivity index (χ2n) is 7.64. The largest absolute Gasteiger partial charge is 0.497 e. The number of hydrogen-bond acceptors (Lipinski definition) is 5. The van der Waals surface area contributed by atoms with Gasteiger partial charge in [-0.25, -0.2) is 4.79 Å². The van der Waals surface area contributed by atoms with Gasteiger partial charge >= 0.3 is 6.03 Å². The Balaban J connectivity index is 1.40. The zero-order valence-electron chi connectivity index (χ0n) is 17.2. The van der Waals surface area contributed by atoms with Gasteiger partial charge in [-0.2, -0.15) is 0 Å². The lowest BCUT2D eigenvalue weighted by Gasteiger charge is -2.41. The third-order valence-corrected chi connectivity index (χ3v) is 5.87. The molecule has 2 unspecified atom stereocenters. The number of ether oxygens (including phenoxy) is 1. The molecule has 7 nitrogen and oxygen atoms in total. The monoisotopic (exact) mass is 477 g/mol. The van der Waals surface area contributed by atoms with Crippen LogP contribution in [-0.4, -0.2) is 78.6 Å². The number of rotatable bonds is 8. The first kappa shape index (κ1) is 22.6. The molecule has 0 radical (unpaired) electrons. The van der Waals surface area contributed by atoms with Crippen molar-refractivity contribution in [3.05, 3.63) is 58.6 Å². The van der Waals surface area contributed by atoms with Gasteiger partial charge < -0.3 is 25.2 Å². The number of carbonyl (C=O) groups is 1. The highest BCUT2D eigenvalue weighted by Crippen LogP contribution is 2.28. The molecular formula is C22H28BrN3O4. The van der Waals surface area contributed by atoms with Crippen molar-refractivity contribution in [2.45, 2.75) is 18.1 Å². The number of anilines is 1. The molecule has 0 aromatic heterocycles. The van der Waals surface area contributed by atoms with E-state index in [2.05, 4.69) is 38.3 Å². The van der Waals surface area contributed by atoms with Crippen LogP contribution in [0.3, 0.4) is 0 Å². The summed E-state index contributed by atoms with van der Waals surface area (Å²) >= 11 is 3.44. The summed E-state index contributed by atoms with van der Waals surface area (Å²) in [5.74, 6) is 1.15. The van der Waals surface area contributed by atoms with E-state index >= 15 is 0 Å². The number of nitrogens with zero attached hydrogens (tertiary/aromatic N) is 2. The number of likely N-dealkylation sites (N-methyl/N-ethyl adjacent to an activating group) is 1. The Bertz CT molecular complexity index is 825. The molecule has 0 saturated carbocycles. The van der Waals surface area contributed by atoms with Gasteiger partial charge in [-0.05, 0) is 42.0 Å². The Morgan fingerprint density at radius 3 is 2.40 bits per heavy atom. The summed E-state index contributed by atoms with van der Waals surface area (Å²) in [6, 6.07) is 14.9. The third kappa shape index (κ3) is 5.95. The number of β-amino-alcohol motifs (C(OH)–C–C–N with tert-alkyl or cyclic N) is 1. The number of urea groups is 1. The molecule has 1 heterocycles. The number of aliphatic hydroxyl groups excluding tert-OH is 2. The van der Waals surface area contributed by atoms with Crippen molar-refractivity contribution in [2.24, 2.45) is 0 Å². The Morgan fingerprint density at radius 2 is 1.80 bits per heavy atom. The SMILES string of the molecule is COc1ccc(NC(=O)N(C)CC(O)C(O)CN2CC(c3ccc(Br)cc3)C2)cc1. The van der Waals surface area contributed by atoms with E-state index in [9.17, 15) is 15.0 Å². The minimum Gasteiger partial charge on any atom is -0.497 e. The molecular weight excluding hydrogens is 450 g/mol. The molecule has 3 rings (SSSR count). The van der Waals surface area contributed by atoms with Gasteiger partial charge in [0.05, 0.1) is 25.9 Å². The van der Waals surface area contributed by atoms with Crippen LogP contribution in [0.4, 0.5) is 10.5 Å². The van der Waals surface area contributed by atoms with Crippen LogP contribution in [0.15, 0.2) is 53.0 Å². The molecule has 1 fully saturated rings. The van der Waals surface area contributed by atoms with Crippen molar-refractivity contribution in [2.75, 3.05) is 45.7 Å². The summed E-state index contributed by atoms with van der Waals surface area (Å²) in [5, 5.41) is 23.4. The summed E-state index contributed by atoms with van der Waals surface area (Å²) in [4.78, 5) is 15.8. The van der Waals surface area contributed by atoms with Crippen LogP contribution < -0.4 is 10.1 Å². The molecule has 1 aliphatic heterocycles. The highest BCUT2D eigenvalue weighted by molar-refractivity contribution is 9.10. The Hall–Kier alpha value is -2.13. The zero-order chi connectivity index (χ0) is 21.7. The maximum absolute atomic E-state index is 12.3. The number of methoxy groups -OCH3 is 1. The van der Waals surface area contributed by atoms with Crippen LogP contribution in [0.5, 0.6) is 5.75 Å². The molecule has 0 bridgehead atoms. The predicted molar refractivity (Wildman–Crippen MR) is 120 cm³/mol. The minimum atomic E-state index is -1.02. The molecule has 0 aliphatic carbocycles. The molecule has 3 N–H and O–H groups in total. The highest BCUT2D eigenvalue weighted by atomic mass is 79.9. The van der Waals surface area contributed by atoms with Gasteiger partial charge in [0.15, 0.2) is 0 Å². The van der Waals surface area contributed by atoms with Crippen molar-refractivity contribution in [3.8, 4) is 5.75 Å². The number of halogens is 1. The van der Waals surface area contributed by atoms with Crippen LogP contribution in [0, 0.1) is 0 Å². The number of aliphatic hydroxyl groups is 2. The fourth-order valence-corrected chi connectivity index (χ4v) is 3.69. The molecule has 162 valence electrons. The third-order valence-electron chi connectivity index (χ3n) is 5.34. The summed E-state index contributed by atoms with van der Waals surface area (Å²) in [6.07, 6.45) is -1.95. The van der Waals surface area contributed by atoms with Gasteiger partial charge in [0.25, 0.3) is 0 Å². The quantitative estimate of drug-likeness (QED) is 0.544. The van der Waals surface area contributed by atoms with E-state index in [-0.39, 0.29) is 12.6 Å². The van der Waals surface area contributed by atoms with Gasteiger partial charge in [0.2, 0.25) is 0 Å². The van der Waals surface area contributed by atoms with Crippen molar-refractivity contribution in [1.29, 1.82) is 0 Å². The van der Waals surface area contributed by atoms with Crippen LogP contribution in [0.25, 0.3) is 0 Å². The van der Waals surface area contributed by atoms with Crippen LogP contribution in [0.2, 0.25) is 0 Å². The van der Waals surface area contributed by atoms with Gasteiger partial charge in [0, 0.05) is 42.8 Å². The average molecular weight is 478 g/mol. The van der Waals surface area contributed by atoms with Gasteiger partial charge in [-0.3, -0.25) is 4.90 Å². The van der Waals surface area contributed by atoms with E-state index in [4.69, 9.17) is 4.74 Å². The zero-order valence-corrected chi connectivity index (χ0v) is 18.7. The number of hydrogen-bond donors (Lipinski definition) is 3. The van der Waals surface area contributed by atoms with E-state index in [1.165, 1.54) is 10.5 Å². The van der Waals surface area contributed by atoms with Crippen molar-refractivity contribution < 1.29 is 19.7 Å². The molecule has 0 spiro atoms. The summed E-state index contributed by atoms with van der Waals surface area (Å²) in [6.45, 7) is 2.10. The second-order valence-corrected chi connectivity index (χ2v) is 8.56. The maximum atomic E-state index is 12.3. The maximum Gasteiger partial charge on any atom is 0.321 e. The molecule has 1 saturated heterocycles. The summed E-state index contributed by atoms with van der Waals surface area (Å²) in [5.41, 5.74) is 1.90. The number of carbonyl (C=O) groups excluding carboxylic acids is 1. The summed E-state index contributed by atoms with van der Waals surface area (Å²) in [7, 11) is 3.16. The van der Waals surface area contributed by atoms with Crippen LogP contribution in [-0.2, 0) is 0 Å². The minimum absolute atomic E-state index is 0.0349. The molecule has 2 aromatic carbocycles. The van der Waals surface area contributed by atoms with Gasteiger partial charge in [-0.1, -0.05) is 28.1 Å². The van der Waals surface area contributed by atoms with E-state index < -0.39 is 12.2 Å². The second kappa shape index (κ2) is 10.3. The van der Waals surface area contributed by atoms with Crippen molar-refractivity contribution in [1.82, 2.24) is 9.80 Å². The molecule has 2 atom stereocenters. The first-order valence-electron chi connectivity index (χ1n) is 9.86. The van der Waals surface area contributed by atoms with E-state index in [1.807, 2.05) is 12.1 Å². The first-order chi connectivity index (χ1) is 14.4. The van der Waals surface area contributed by atoms with E-state index in [1.54, 1.807) is 38.4 Å². The van der Waals surface area contributed by atoms with Crippen LogP contribution >= 0.6 is 15.9 Å². The standard InChI is InChI=1S/C22H28BrN3O4/c1-25(22(29)24-18-7-9-19(30-2)10-8-18)13-20(27)21(28)14-26-11-16(12-26)15-3-5-17(23)6-4-15/h3-10,16,20-21,27-28H,11-14H2,1-2H3,(H,24,29). The molecule has 2 aromatic rings. The van der Waals surface area contributed by atoms with E-state index in [0.29, 0.717) is 23.9 Å². The molecule has 30 heavy (non-hydrogen) atoms.